The molecule has 1 heterocycles. The van der Waals surface area contributed by atoms with Gasteiger partial charge in [0.15, 0.2) is 0 Å². The Hall–Kier alpha value is -0.790. The summed E-state index contributed by atoms with van der Waals surface area (Å²) < 4.78 is 0. The third-order valence-corrected chi connectivity index (χ3v) is 1.39. The highest BCUT2D eigenvalue weighted by Gasteiger charge is 2.12. The smallest absolute Gasteiger partial charge is 0.224 e. The maximum Gasteiger partial charge on any atom is 0.224 e. The number of allylic oxidation sites excluding steroid dienone is 1. The van der Waals surface area contributed by atoms with E-state index in [0.29, 0.717) is 6.42 Å². The minimum atomic E-state index is 0.162. The van der Waals surface area contributed by atoms with Gasteiger partial charge in [0.2, 0.25) is 5.91 Å². The van der Waals surface area contributed by atoms with E-state index < -0.39 is 0 Å². The fourth-order valence-electron chi connectivity index (χ4n) is 0.976. The van der Waals surface area contributed by atoms with E-state index >= 15 is 0 Å². The van der Waals surface area contributed by atoms with Gasteiger partial charge in [0, 0.05) is 13.0 Å². The quantitative estimate of drug-likeness (QED) is 0.517. The summed E-state index contributed by atoms with van der Waals surface area (Å²) in [5.41, 5.74) is 1.24. The van der Waals surface area contributed by atoms with E-state index in [9.17, 15) is 4.79 Å². The molecule has 0 atom stereocenters. The van der Waals surface area contributed by atoms with Crippen molar-refractivity contribution in [2.45, 2.75) is 19.8 Å². The second-order valence-corrected chi connectivity index (χ2v) is 2.22. The summed E-state index contributed by atoms with van der Waals surface area (Å²) in [5, 5.41) is 2.75. The lowest BCUT2D eigenvalue weighted by atomic mass is 10.2. The van der Waals surface area contributed by atoms with Gasteiger partial charge in [-0.15, -0.1) is 0 Å². The Morgan fingerprint density at radius 2 is 2.56 bits per heavy atom. The van der Waals surface area contributed by atoms with E-state index in [1.54, 1.807) is 0 Å². The van der Waals surface area contributed by atoms with Crippen LogP contribution in [0.5, 0.6) is 0 Å². The van der Waals surface area contributed by atoms with E-state index in [1.165, 1.54) is 5.57 Å². The van der Waals surface area contributed by atoms with Crippen molar-refractivity contribution in [3.8, 4) is 0 Å². The minimum Gasteiger partial charge on any atom is -0.352 e. The number of amides is 1. The third kappa shape index (κ3) is 1.56. The van der Waals surface area contributed by atoms with Crippen LogP contribution in [0.2, 0.25) is 0 Å². The van der Waals surface area contributed by atoms with E-state index in [1.807, 2.05) is 0 Å². The van der Waals surface area contributed by atoms with E-state index in [-0.39, 0.29) is 5.91 Å². The van der Waals surface area contributed by atoms with E-state index in [2.05, 4.69) is 18.3 Å². The summed E-state index contributed by atoms with van der Waals surface area (Å²) in [6, 6.07) is 0. The number of rotatable bonds is 1. The van der Waals surface area contributed by atoms with Gasteiger partial charge < -0.3 is 5.32 Å². The first-order valence-electron chi connectivity index (χ1n) is 3.27. The predicted molar refractivity (Wildman–Crippen MR) is 36.0 cm³/mol. The zero-order valence-corrected chi connectivity index (χ0v) is 5.61. The highest BCUT2D eigenvalue weighted by atomic mass is 16.1. The summed E-state index contributed by atoms with van der Waals surface area (Å²) in [5.74, 6) is 0.162. The fraction of sp³-hybridized carbons (Fsp3) is 0.571. The van der Waals surface area contributed by atoms with Crippen molar-refractivity contribution in [3.63, 3.8) is 0 Å². The molecular formula is C7H11NO. The molecular weight excluding hydrogens is 114 g/mol. The highest BCUT2D eigenvalue weighted by Crippen LogP contribution is 2.06. The molecule has 0 aliphatic carbocycles. The Bertz CT molecular complexity index is 149. The number of hydrogen-bond acceptors (Lipinski definition) is 1. The molecule has 1 N–H and O–H groups in total. The molecule has 0 aromatic rings. The first-order valence-corrected chi connectivity index (χ1v) is 3.27. The molecule has 2 nitrogen and oxygen atoms in total. The van der Waals surface area contributed by atoms with E-state index in [0.717, 1.165) is 13.0 Å². The van der Waals surface area contributed by atoms with Gasteiger partial charge >= 0.3 is 0 Å². The van der Waals surface area contributed by atoms with Crippen molar-refractivity contribution in [3.05, 3.63) is 11.6 Å². The molecule has 1 saturated heterocycles. The largest absolute Gasteiger partial charge is 0.352 e. The monoisotopic (exact) mass is 125 g/mol. The van der Waals surface area contributed by atoms with Gasteiger partial charge in [0.25, 0.3) is 0 Å². The Morgan fingerprint density at radius 1 is 1.78 bits per heavy atom. The van der Waals surface area contributed by atoms with Gasteiger partial charge in [-0.25, -0.2) is 0 Å². The minimum absolute atomic E-state index is 0.162. The molecule has 0 radical (unpaired) electrons. The van der Waals surface area contributed by atoms with Crippen LogP contribution in [-0.4, -0.2) is 12.5 Å². The molecule has 2 heteroatoms. The van der Waals surface area contributed by atoms with Crippen LogP contribution in [0.4, 0.5) is 0 Å². The van der Waals surface area contributed by atoms with Crippen LogP contribution in [0, 0.1) is 0 Å². The Morgan fingerprint density at radius 3 is 3.00 bits per heavy atom. The van der Waals surface area contributed by atoms with Gasteiger partial charge in [-0.3, -0.25) is 4.79 Å². The second-order valence-electron chi connectivity index (χ2n) is 2.22. The Labute approximate surface area is 54.9 Å². The lowest BCUT2D eigenvalue weighted by Gasteiger charge is -1.87. The van der Waals surface area contributed by atoms with Crippen molar-refractivity contribution in [2.24, 2.45) is 0 Å². The summed E-state index contributed by atoms with van der Waals surface area (Å²) in [4.78, 5) is 10.6. The standard InChI is InChI=1S/C7H11NO/c1-2-3-6-4-7(9)8-5-6/h3H,2,4-5H2,1H3,(H,8,9)/b6-3-. The SMILES string of the molecule is CC/C=C1\CNC(=O)C1. The van der Waals surface area contributed by atoms with Crippen molar-refractivity contribution < 1.29 is 4.79 Å². The number of hydrogen-bond donors (Lipinski definition) is 1. The van der Waals surface area contributed by atoms with Crippen LogP contribution in [0.3, 0.4) is 0 Å². The number of nitrogens with one attached hydrogen (secondary N) is 1. The van der Waals surface area contributed by atoms with Crippen molar-refractivity contribution in [2.75, 3.05) is 6.54 Å². The fourth-order valence-corrected chi connectivity index (χ4v) is 0.976. The summed E-state index contributed by atoms with van der Waals surface area (Å²) in [7, 11) is 0. The molecule has 0 aromatic carbocycles. The molecule has 1 fully saturated rings. The lowest BCUT2D eigenvalue weighted by Crippen LogP contribution is -2.12. The molecule has 1 amide bonds. The van der Waals surface area contributed by atoms with Gasteiger partial charge in [0.1, 0.15) is 0 Å². The molecule has 0 spiro atoms. The highest BCUT2D eigenvalue weighted by molar-refractivity contribution is 5.81. The van der Waals surface area contributed by atoms with Crippen molar-refractivity contribution >= 4 is 5.91 Å². The van der Waals surface area contributed by atoms with Crippen molar-refractivity contribution in [1.82, 2.24) is 5.32 Å². The molecule has 1 aliphatic rings. The molecule has 1 aliphatic heterocycles. The second kappa shape index (κ2) is 2.67. The molecule has 0 saturated carbocycles. The molecule has 9 heavy (non-hydrogen) atoms. The van der Waals surface area contributed by atoms with Gasteiger partial charge in [-0.1, -0.05) is 13.0 Å². The first kappa shape index (κ1) is 6.33. The summed E-state index contributed by atoms with van der Waals surface area (Å²) in [6.45, 7) is 2.85. The number of carbonyl (C=O) groups is 1. The van der Waals surface area contributed by atoms with Crippen LogP contribution >= 0.6 is 0 Å². The maximum absolute atomic E-state index is 10.6. The Balaban J connectivity index is 2.47. The molecule has 1 rings (SSSR count). The van der Waals surface area contributed by atoms with Gasteiger partial charge in [-0.2, -0.15) is 0 Å². The van der Waals surface area contributed by atoms with Crippen LogP contribution in [0.15, 0.2) is 11.6 Å². The predicted octanol–water partition coefficient (Wildman–Crippen LogP) is 0.843. The molecule has 0 aromatic heterocycles. The van der Waals surface area contributed by atoms with Crippen LogP contribution in [-0.2, 0) is 4.79 Å². The Kier molecular flexibility index (Phi) is 1.88. The maximum atomic E-state index is 10.6. The van der Waals surface area contributed by atoms with Gasteiger partial charge in [-0.05, 0) is 12.0 Å². The zero-order chi connectivity index (χ0) is 6.69. The lowest BCUT2D eigenvalue weighted by molar-refractivity contribution is -0.118. The average Bonchev–Trinajstić information content (AvgIpc) is 2.17. The molecule has 50 valence electrons. The summed E-state index contributed by atoms with van der Waals surface area (Å²) in [6.07, 6.45) is 3.76. The molecule has 0 bridgehead atoms. The third-order valence-electron chi connectivity index (χ3n) is 1.39. The van der Waals surface area contributed by atoms with Gasteiger partial charge in [0.05, 0.1) is 0 Å². The van der Waals surface area contributed by atoms with E-state index in [4.69, 9.17) is 0 Å². The summed E-state index contributed by atoms with van der Waals surface area (Å²) >= 11 is 0. The topological polar surface area (TPSA) is 29.1 Å². The van der Waals surface area contributed by atoms with Crippen LogP contribution in [0.1, 0.15) is 19.8 Å². The number of carbonyl (C=O) groups excluding carboxylic acids is 1. The molecule has 0 unspecified atom stereocenters. The zero-order valence-electron chi connectivity index (χ0n) is 5.61. The van der Waals surface area contributed by atoms with Crippen molar-refractivity contribution in [1.29, 1.82) is 0 Å². The first-order chi connectivity index (χ1) is 4.33. The van der Waals surface area contributed by atoms with Crippen LogP contribution in [0.25, 0.3) is 0 Å². The van der Waals surface area contributed by atoms with Crippen LogP contribution < -0.4 is 5.32 Å². The average molecular weight is 125 g/mol. The normalized spacial score (nSPS) is 22.8.